The van der Waals surface area contributed by atoms with E-state index in [0.717, 1.165) is 25.8 Å². The Kier molecular flexibility index (Phi) is 6.47. The van der Waals surface area contributed by atoms with Gasteiger partial charge in [0.15, 0.2) is 0 Å². The summed E-state index contributed by atoms with van der Waals surface area (Å²) < 4.78 is 15.3. The summed E-state index contributed by atoms with van der Waals surface area (Å²) in [5, 5.41) is 3.25. The molecule has 5 heteroatoms. The van der Waals surface area contributed by atoms with Crippen molar-refractivity contribution < 1.29 is 19.0 Å². The van der Waals surface area contributed by atoms with Gasteiger partial charge in [0, 0.05) is 7.11 Å². The number of esters is 1. The fourth-order valence-electron chi connectivity index (χ4n) is 2.00. The zero-order valence-electron chi connectivity index (χ0n) is 10.8. The largest absolute Gasteiger partial charge is 0.462 e. The van der Waals surface area contributed by atoms with Crippen molar-refractivity contribution in [1.29, 1.82) is 0 Å². The molecule has 1 heterocycles. The van der Waals surface area contributed by atoms with Crippen molar-refractivity contribution in [2.24, 2.45) is 0 Å². The summed E-state index contributed by atoms with van der Waals surface area (Å²) >= 11 is 0. The molecule has 100 valence electrons. The molecule has 0 aromatic heterocycles. The predicted molar refractivity (Wildman–Crippen MR) is 63.9 cm³/mol. The van der Waals surface area contributed by atoms with Crippen LogP contribution in [-0.2, 0) is 19.0 Å². The Morgan fingerprint density at radius 2 is 2.06 bits per heavy atom. The van der Waals surface area contributed by atoms with Crippen LogP contribution in [0.5, 0.6) is 0 Å². The van der Waals surface area contributed by atoms with Crippen molar-refractivity contribution in [1.82, 2.24) is 5.32 Å². The molecule has 17 heavy (non-hydrogen) atoms. The van der Waals surface area contributed by atoms with E-state index in [1.54, 1.807) is 7.11 Å². The molecule has 0 spiro atoms. The van der Waals surface area contributed by atoms with Crippen LogP contribution in [0.2, 0.25) is 0 Å². The molecule has 0 aromatic carbocycles. The molecule has 0 radical (unpaired) electrons. The average Bonchev–Trinajstić information content (AvgIpc) is 2.83. The molecule has 1 aliphatic heterocycles. The minimum atomic E-state index is -0.452. The lowest BCUT2D eigenvalue weighted by molar-refractivity contribution is -0.153. The second-order valence-electron chi connectivity index (χ2n) is 4.21. The highest BCUT2D eigenvalue weighted by Gasteiger charge is 2.40. The van der Waals surface area contributed by atoms with Gasteiger partial charge in [-0.3, -0.25) is 4.79 Å². The van der Waals surface area contributed by atoms with E-state index in [0.29, 0.717) is 26.4 Å². The van der Waals surface area contributed by atoms with E-state index in [1.165, 1.54) is 0 Å². The Bertz CT molecular complexity index is 227. The van der Waals surface area contributed by atoms with Gasteiger partial charge in [-0.1, -0.05) is 6.92 Å². The van der Waals surface area contributed by atoms with Crippen LogP contribution in [-0.4, -0.2) is 51.6 Å². The van der Waals surface area contributed by atoms with Crippen LogP contribution in [0.4, 0.5) is 0 Å². The summed E-state index contributed by atoms with van der Waals surface area (Å²) in [7, 11) is 1.63. The summed E-state index contributed by atoms with van der Waals surface area (Å²) in [5.74, 6) is -0.146. The normalized spacial score (nSPS) is 23.9. The maximum Gasteiger partial charge on any atom is 0.326 e. The first-order valence-electron chi connectivity index (χ1n) is 6.24. The van der Waals surface area contributed by atoms with E-state index in [-0.39, 0.29) is 5.97 Å². The number of hydrogen-bond acceptors (Lipinski definition) is 5. The van der Waals surface area contributed by atoms with E-state index in [2.05, 4.69) is 5.32 Å². The number of ether oxygens (including phenoxy) is 3. The smallest absolute Gasteiger partial charge is 0.326 e. The second kappa shape index (κ2) is 7.63. The molecule has 5 nitrogen and oxygen atoms in total. The van der Waals surface area contributed by atoms with Crippen molar-refractivity contribution in [2.45, 2.75) is 31.7 Å². The van der Waals surface area contributed by atoms with Gasteiger partial charge in [-0.05, 0) is 25.8 Å². The van der Waals surface area contributed by atoms with Gasteiger partial charge in [-0.15, -0.1) is 0 Å². The van der Waals surface area contributed by atoms with Crippen LogP contribution in [0.15, 0.2) is 0 Å². The lowest BCUT2D eigenvalue weighted by atomic mass is 9.94. The maximum atomic E-state index is 11.9. The standard InChI is InChI=1S/C12H23NO4/c1-3-12(5-4-6-13-12)11(14)17-10-9-16-8-7-15-2/h13H,3-10H2,1-2H3. The zero-order valence-corrected chi connectivity index (χ0v) is 10.8. The molecule has 0 bridgehead atoms. The van der Waals surface area contributed by atoms with Gasteiger partial charge < -0.3 is 19.5 Å². The van der Waals surface area contributed by atoms with E-state index in [1.807, 2.05) is 6.92 Å². The number of nitrogens with one attached hydrogen (secondary N) is 1. The van der Waals surface area contributed by atoms with Crippen molar-refractivity contribution in [3.63, 3.8) is 0 Å². The van der Waals surface area contributed by atoms with E-state index in [9.17, 15) is 4.79 Å². The molecule has 0 saturated carbocycles. The first kappa shape index (κ1) is 14.4. The highest BCUT2D eigenvalue weighted by atomic mass is 16.6. The molecule has 1 unspecified atom stereocenters. The third-order valence-corrected chi connectivity index (χ3v) is 3.13. The Balaban J connectivity index is 2.15. The fraction of sp³-hybridized carbons (Fsp3) is 0.917. The first-order valence-corrected chi connectivity index (χ1v) is 6.24. The predicted octanol–water partition coefficient (Wildman–Crippen LogP) is 0.725. The van der Waals surface area contributed by atoms with Crippen molar-refractivity contribution in [3.05, 3.63) is 0 Å². The van der Waals surface area contributed by atoms with Crippen LogP contribution in [0.25, 0.3) is 0 Å². The number of rotatable bonds is 8. The molecule has 1 fully saturated rings. The number of hydrogen-bond donors (Lipinski definition) is 1. The summed E-state index contributed by atoms with van der Waals surface area (Å²) in [6.07, 6.45) is 2.68. The monoisotopic (exact) mass is 245 g/mol. The molecule has 0 aliphatic carbocycles. The highest BCUT2D eigenvalue weighted by molar-refractivity contribution is 5.81. The molecule has 1 aliphatic rings. The average molecular weight is 245 g/mol. The molecule has 1 rings (SSSR count). The van der Waals surface area contributed by atoms with Crippen LogP contribution >= 0.6 is 0 Å². The topological polar surface area (TPSA) is 56.8 Å². The number of carbonyl (C=O) groups is 1. The fourth-order valence-corrected chi connectivity index (χ4v) is 2.00. The van der Waals surface area contributed by atoms with Gasteiger partial charge in [-0.2, -0.15) is 0 Å². The molecular formula is C12H23NO4. The van der Waals surface area contributed by atoms with E-state index < -0.39 is 5.54 Å². The molecule has 1 atom stereocenters. The van der Waals surface area contributed by atoms with E-state index >= 15 is 0 Å². The maximum absolute atomic E-state index is 11.9. The molecule has 1 saturated heterocycles. The third kappa shape index (κ3) is 4.26. The van der Waals surface area contributed by atoms with Gasteiger partial charge in [0.25, 0.3) is 0 Å². The van der Waals surface area contributed by atoms with Crippen molar-refractivity contribution in [3.8, 4) is 0 Å². The lowest BCUT2D eigenvalue weighted by Gasteiger charge is -2.25. The number of carbonyl (C=O) groups excluding carboxylic acids is 1. The second-order valence-corrected chi connectivity index (χ2v) is 4.21. The SMILES string of the molecule is CCC1(C(=O)OCCOCCOC)CCCN1. The van der Waals surface area contributed by atoms with Crippen LogP contribution in [0.1, 0.15) is 26.2 Å². The van der Waals surface area contributed by atoms with Gasteiger partial charge >= 0.3 is 5.97 Å². The van der Waals surface area contributed by atoms with Gasteiger partial charge in [0.2, 0.25) is 0 Å². The van der Waals surface area contributed by atoms with Gasteiger partial charge in [-0.25, -0.2) is 0 Å². The Morgan fingerprint density at radius 3 is 2.65 bits per heavy atom. The van der Waals surface area contributed by atoms with E-state index in [4.69, 9.17) is 14.2 Å². The van der Waals surface area contributed by atoms with Crippen LogP contribution in [0, 0.1) is 0 Å². The summed E-state index contributed by atoms with van der Waals surface area (Å²) in [6.45, 7) is 4.74. The van der Waals surface area contributed by atoms with Crippen molar-refractivity contribution in [2.75, 3.05) is 40.1 Å². The lowest BCUT2D eigenvalue weighted by Crippen LogP contribution is -2.48. The van der Waals surface area contributed by atoms with Gasteiger partial charge in [0.1, 0.15) is 12.1 Å². The Labute approximate surface area is 103 Å². The third-order valence-electron chi connectivity index (χ3n) is 3.13. The Hall–Kier alpha value is -0.650. The molecule has 0 aromatic rings. The molecular weight excluding hydrogens is 222 g/mol. The van der Waals surface area contributed by atoms with Crippen molar-refractivity contribution >= 4 is 5.97 Å². The minimum Gasteiger partial charge on any atom is -0.462 e. The Morgan fingerprint density at radius 1 is 1.29 bits per heavy atom. The first-order chi connectivity index (χ1) is 8.25. The quantitative estimate of drug-likeness (QED) is 0.504. The summed E-state index contributed by atoms with van der Waals surface area (Å²) in [5.41, 5.74) is -0.452. The molecule has 0 amide bonds. The minimum absolute atomic E-state index is 0.146. The zero-order chi connectivity index (χ0) is 12.6. The van der Waals surface area contributed by atoms with Gasteiger partial charge in [0.05, 0.1) is 19.8 Å². The summed E-state index contributed by atoms with van der Waals surface area (Å²) in [6, 6.07) is 0. The summed E-state index contributed by atoms with van der Waals surface area (Å²) in [4.78, 5) is 11.9. The number of methoxy groups -OCH3 is 1. The van der Waals surface area contributed by atoms with Crippen LogP contribution < -0.4 is 5.32 Å². The van der Waals surface area contributed by atoms with Crippen LogP contribution in [0.3, 0.4) is 0 Å². The molecule has 1 N–H and O–H groups in total. The highest BCUT2D eigenvalue weighted by Crippen LogP contribution is 2.24.